The van der Waals surface area contributed by atoms with Crippen LogP contribution < -0.4 is 5.32 Å². The standard InChI is InChI=1S/C22H15N5OS/c28-20(10-11-21-25-17-4-1-2-5-19(17)29-21)24-16-8-6-15(7-9-16)18-14-27-13-3-12-23-22(27)26-18/h1-14H,(H,24,28)/b11-10+. The number of anilines is 1. The van der Waals surface area contributed by atoms with Crippen LogP contribution in [0.4, 0.5) is 5.69 Å². The van der Waals surface area contributed by atoms with Gasteiger partial charge < -0.3 is 5.32 Å². The van der Waals surface area contributed by atoms with Gasteiger partial charge in [0.25, 0.3) is 0 Å². The number of para-hydroxylation sites is 1. The Hall–Kier alpha value is -3.84. The predicted octanol–water partition coefficient (Wildman–Crippen LogP) is 4.66. The van der Waals surface area contributed by atoms with Gasteiger partial charge in [0.1, 0.15) is 5.01 Å². The molecular weight excluding hydrogens is 382 g/mol. The summed E-state index contributed by atoms with van der Waals surface area (Å²) < 4.78 is 2.97. The van der Waals surface area contributed by atoms with Crippen LogP contribution in [0.1, 0.15) is 5.01 Å². The number of thiazole rings is 1. The van der Waals surface area contributed by atoms with Crippen molar-refractivity contribution in [3.63, 3.8) is 0 Å². The summed E-state index contributed by atoms with van der Waals surface area (Å²) in [6.45, 7) is 0. The zero-order valence-corrected chi connectivity index (χ0v) is 16.0. The molecule has 3 heterocycles. The van der Waals surface area contributed by atoms with Gasteiger partial charge in [0.2, 0.25) is 11.7 Å². The summed E-state index contributed by atoms with van der Waals surface area (Å²) in [6, 6.07) is 17.3. The maximum absolute atomic E-state index is 12.2. The van der Waals surface area contributed by atoms with E-state index < -0.39 is 0 Å². The molecule has 29 heavy (non-hydrogen) atoms. The Balaban J connectivity index is 1.28. The average molecular weight is 397 g/mol. The van der Waals surface area contributed by atoms with Crippen LogP contribution in [0.15, 0.2) is 79.3 Å². The van der Waals surface area contributed by atoms with E-state index in [2.05, 4.69) is 20.3 Å². The van der Waals surface area contributed by atoms with Crippen molar-refractivity contribution in [1.29, 1.82) is 0 Å². The van der Waals surface area contributed by atoms with E-state index in [0.29, 0.717) is 5.78 Å². The summed E-state index contributed by atoms with van der Waals surface area (Å²) in [4.78, 5) is 25.4. The second-order valence-corrected chi connectivity index (χ2v) is 7.44. The summed E-state index contributed by atoms with van der Waals surface area (Å²) in [6.07, 6.45) is 8.78. The number of hydrogen-bond donors (Lipinski definition) is 1. The zero-order chi connectivity index (χ0) is 19.6. The molecule has 1 amide bonds. The fraction of sp³-hybridized carbons (Fsp3) is 0. The largest absolute Gasteiger partial charge is 0.323 e. The molecule has 0 bridgehead atoms. The van der Waals surface area contributed by atoms with Crippen LogP contribution in [0.25, 0.3) is 33.3 Å². The predicted molar refractivity (Wildman–Crippen MR) is 116 cm³/mol. The molecule has 0 aliphatic carbocycles. The monoisotopic (exact) mass is 397 g/mol. The third kappa shape index (κ3) is 3.63. The fourth-order valence-electron chi connectivity index (χ4n) is 2.99. The van der Waals surface area contributed by atoms with Crippen LogP contribution in [0.2, 0.25) is 0 Å². The van der Waals surface area contributed by atoms with E-state index in [4.69, 9.17) is 0 Å². The molecule has 3 aromatic heterocycles. The highest BCUT2D eigenvalue weighted by atomic mass is 32.1. The minimum Gasteiger partial charge on any atom is -0.323 e. The minimum atomic E-state index is -0.200. The second kappa shape index (κ2) is 7.29. The van der Waals surface area contributed by atoms with Crippen molar-refractivity contribution < 1.29 is 4.79 Å². The van der Waals surface area contributed by atoms with Crippen molar-refractivity contribution >= 4 is 45.0 Å². The van der Waals surface area contributed by atoms with Crippen LogP contribution in [-0.4, -0.2) is 25.3 Å². The van der Waals surface area contributed by atoms with Gasteiger partial charge >= 0.3 is 0 Å². The Morgan fingerprint density at radius 1 is 1.03 bits per heavy atom. The summed E-state index contributed by atoms with van der Waals surface area (Å²) in [5.74, 6) is 0.453. The zero-order valence-electron chi connectivity index (χ0n) is 15.2. The topological polar surface area (TPSA) is 72.2 Å². The van der Waals surface area contributed by atoms with Crippen molar-refractivity contribution in [2.75, 3.05) is 5.32 Å². The molecule has 5 rings (SSSR count). The van der Waals surface area contributed by atoms with Crippen LogP contribution in [0.3, 0.4) is 0 Å². The van der Waals surface area contributed by atoms with E-state index in [1.165, 1.54) is 6.08 Å². The molecule has 1 N–H and O–H groups in total. The van der Waals surface area contributed by atoms with Crippen LogP contribution in [0.5, 0.6) is 0 Å². The molecule has 2 aromatic carbocycles. The van der Waals surface area contributed by atoms with Crippen LogP contribution in [-0.2, 0) is 4.79 Å². The van der Waals surface area contributed by atoms with Gasteiger partial charge in [-0.15, -0.1) is 11.3 Å². The quantitative estimate of drug-likeness (QED) is 0.448. The smallest absolute Gasteiger partial charge is 0.248 e. The molecule has 6 nitrogen and oxygen atoms in total. The molecule has 0 fully saturated rings. The number of imidazole rings is 1. The number of rotatable bonds is 4. The summed E-state index contributed by atoms with van der Waals surface area (Å²) >= 11 is 1.55. The number of benzene rings is 2. The molecule has 0 spiro atoms. The molecule has 0 radical (unpaired) electrons. The SMILES string of the molecule is O=C(/C=C/c1nc2ccccc2s1)Nc1ccc(-c2cn3cccnc3n2)cc1. The Morgan fingerprint density at radius 2 is 1.90 bits per heavy atom. The molecular formula is C22H15N5OS. The number of aromatic nitrogens is 4. The Kier molecular flexibility index (Phi) is 4.34. The third-order valence-electron chi connectivity index (χ3n) is 4.37. The lowest BCUT2D eigenvalue weighted by Crippen LogP contribution is -2.07. The summed E-state index contributed by atoms with van der Waals surface area (Å²) in [5, 5.41) is 3.67. The second-order valence-electron chi connectivity index (χ2n) is 6.37. The van der Waals surface area contributed by atoms with E-state index >= 15 is 0 Å². The number of carbonyl (C=O) groups is 1. The van der Waals surface area contributed by atoms with Crippen molar-refractivity contribution in [3.05, 3.63) is 84.3 Å². The molecule has 7 heteroatoms. The number of fused-ring (bicyclic) bond motifs is 2. The molecule has 0 saturated carbocycles. The van der Waals surface area contributed by atoms with Gasteiger partial charge in [-0.3, -0.25) is 9.20 Å². The van der Waals surface area contributed by atoms with Gasteiger partial charge in [0, 0.05) is 35.9 Å². The van der Waals surface area contributed by atoms with Gasteiger partial charge in [0.05, 0.1) is 15.9 Å². The number of hydrogen-bond acceptors (Lipinski definition) is 5. The molecule has 0 aliphatic heterocycles. The lowest BCUT2D eigenvalue weighted by molar-refractivity contribution is -0.111. The van der Waals surface area contributed by atoms with E-state index in [0.717, 1.165) is 32.2 Å². The van der Waals surface area contributed by atoms with Gasteiger partial charge in [0.15, 0.2) is 0 Å². The first kappa shape index (κ1) is 17.3. The maximum atomic E-state index is 12.2. The van der Waals surface area contributed by atoms with Crippen molar-refractivity contribution in [2.45, 2.75) is 0 Å². The van der Waals surface area contributed by atoms with E-state index in [1.54, 1.807) is 23.6 Å². The molecule has 0 unspecified atom stereocenters. The number of nitrogens with one attached hydrogen (secondary N) is 1. The maximum Gasteiger partial charge on any atom is 0.248 e. The highest BCUT2D eigenvalue weighted by Crippen LogP contribution is 2.23. The normalized spacial score (nSPS) is 11.4. The average Bonchev–Trinajstić information content (AvgIpc) is 3.36. The Labute approximate surface area is 170 Å². The summed E-state index contributed by atoms with van der Waals surface area (Å²) in [5.41, 5.74) is 3.45. The van der Waals surface area contributed by atoms with E-state index in [1.807, 2.05) is 71.4 Å². The lowest BCUT2D eigenvalue weighted by atomic mass is 10.1. The molecule has 0 saturated heterocycles. The molecule has 5 aromatic rings. The van der Waals surface area contributed by atoms with Gasteiger partial charge in [-0.1, -0.05) is 24.3 Å². The first-order valence-corrected chi connectivity index (χ1v) is 9.81. The van der Waals surface area contributed by atoms with Gasteiger partial charge in [-0.05, 0) is 36.4 Å². The van der Waals surface area contributed by atoms with Crippen LogP contribution in [0, 0.1) is 0 Å². The van der Waals surface area contributed by atoms with Crippen molar-refractivity contribution in [3.8, 4) is 11.3 Å². The third-order valence-corrected chi connectivity index (χ3v) is 5.37. The highest BCUT2D eigenvalue weighted by molar-refractivity contribution is 7.19. The van der Waals surface area contributed by atoms with E-state index in [9.17, 15) is 4.79 Å². The number of nitrogens with zero attached hydrogens (tertiary/aromatic N) is 4. The first-order valence-electron chi connectivity index (χ1n) is 8.99. The van der Waals surface area contributed by atoms with Crippen molar-refractivity contribution in [2.24, 2.45) is 0 Å². The first-order chi connectivity index (χ1) is 14.2. The summed E-state index contributed by atoms with van der Waals surface area (Å²) in [7, 11) is 0. The van der Waals surface area contributed by atoms with Crippen LogP contribution >= 0.6 is 11.3 Å². The fourth-order valence-corrected chi connectivity index (χ4v) is 3.86. The van der Waals surface area contributed by atoms with E-state index in [-0.39, 0.29) is 5.91 Å². The number of carbonyl (C=O) groups excluding carboxylic acids is 1. The van der Waals surface area contributed by atoms with Gasteiger partial charge in [-0.2, -0.15) is 0 Å². The highest BCUT2D eigenvalue weighted by Gasteiger charge is 2.06. The molecule has 0 aliphatic rings. The Bertz CT molecular complexity index is 1280. The lowest BCUT2D eigenvalue weighted by Gasteiger charge is -2.03. The van der Waals surface area contributed by atoms with Gasteiger partial charge in [-0.25, -0.2) is 15.0 Å². The molecule has 0 atom stereocenters. The van der Waals surface area contributed by atoms with Crippen molar-refractivity contribution in [1.82, 2.24) is 19.4 Å². The molecule has 140 valence electrons. The Morgan fingerprint density at radius 3 is 2.72 bits per heavy atom. The number of amides is 1. The minimum absolute atomic E-state index is 0.200.